The number of sulfonamides is 1. The van der Waals surface area contributed by atoms with Gasteiger partial charge in [0.2, 0.25) is 10.0 Å². The van der Waals surface area contributed by atoms with E-state index in [2.05, 4.69) is 9.71 Å². The number of benzene rings is 1. The van der Waals surface area contributed by atoms with E-state index in [0.29, 0.717) is 13.2 Å². The van der Waals surface area contributed by atoms with Gasteiger partial charge in [-0.15, -0.1) is 0 Å². The number of para-hydroxylation sites is 1. The Hall–Kier alpha value is -1.41. The van der Waals surface area contributed by atoms with Gasteiger partial charge in [0.25, 0.3) is 0 Å². The molecule has 6 nitrogen and oxygen atoms in total. The van der Waals surface area contributed by atoms with Gasteiger partial charge in [0.05, 0.1) is 25.6 Å². The van der Waals surface area contributed by atoms with Crippen molar-refractivity contribution in [3.05, 3.63) is 36.0 Å². The van der Waals surface area contributed by atoms with Crippen LogP contribution in [0, 0.1) is 0 Å². The van der Waals surface area contributed by atoms with Crippen LogP contribution in [0.5, 0.6) is 0 Å². The molecule has 0 spiro atoms. The van der Waals surface area contributed by atoms with Gasteiger partial charge in [0.15, 0.2) is 0 Å². The first-order chi connectivity index (χ1) is 10.1. The topological polar surface area (TPSA) is 80.4 Å². The Kier molecular flexibility index (Phi) is 5.75. The summed E-state index contributed by atoms with van der Waals surface area (Å²) in [5.74, 6) is -0.0565. The number of methoxy groups -OCH3 is 1. The first kappa shape index (κ1) is 16.0. The third-order valence-corrected chi connectivity index (χ3v) is 4.37. The summed E-state index contributed by atoms with van der Waals surface area (Å²) in [6, 6.07) is 7.78. The fraction of sp³-hybridized carbons (Fsp3) is 0.429. The van der Waals surface area contributed by atoms with Gasteiger partial charge in [-0.2, -0.15) is 0 Å². The number of aromatic amines is 1. The van der Waals surface area contributed by atoms with Gasteiger partial charge in [-0.25, -0.2) is 13.1 Å². The van der Waals surface area contributed by atoms with Crippen LogP contribution in [0.4, 0.5) is 0 Å². The van der Waals surface area contributed by atoms with Crippen molar-refractivity contribution in [2.24, 2.45) is 0 Å². The van der Waals surface area contributed by atoms with Crippen LogP contribution in [0.1, 0.15) is 5.56 Å². The van der Waals surface area contributed by atoms with Crippen molar-refractivity contribution in [3.63, 3.8) is 0 Å². The molecule has 0 saturated carbocycles. The van der Waals surface area contributed by atoms with Crippen LogP contribution in [0.25, 0.3) is 10.9 Å². The fourth-order valence-corrected chi connectivity index (χ4v) is 2.81. The Labute approximate surface area is 124 Å². The summed E-state index contributed by atoms with van der Waals surface area (Å²) in [6.07, 6.45) is 1.82. The van der Waals surface area contributed by atoms with E-state index in [1.54, 1.807) is 7.11 Å². The van der Waals surface area contributed by atoms with E-state index < -0.39 is 10.0 Å². The molecule has 0 atom stereocenters. The number of nitrogens with one attached hydrogen (secondary N) is 2. The van der Waals surface area contributed by atoms with Gasteiger partial charge < -0.3 is 14.5 Å². The van der Waals surface area contributed by atoms with E-state index in [-0.39, 0.29) is 18.9 Å². The molecule has 116 valence electrons. The number of hydrogen-bond acceptors (Lipinski definition) is 4. The van der Waals surface area contributed by atoms with Gasteiger partial charge in [0.1, 0.15) is 0 Å². The standard InChI is InChI=1S/C14H20N2O4S/c1-19-6-7-20-8-9-21(17,18)16-11-12-10-15-14-5-3-2-4-13(12)14/h2-5,10,15-16H,6-9,11H2,1H3. The maximum absolute atomic E-state index is 11.9. The van der Waals surface area contributed by atoms with E-state index in [0.717, 1.165) is 16.5 Å². The van der Waals surface area contributed by atoms with Crippen LogP contribution >= 0.6 is 0 Å². The molecule has 0 fully saturated rings. The van der Waals surface area contributed by atoms with Gasteiger partial charge in [-0.1, -0.05) is 18.2 Å². The highest BCUT2D eigenvalue weighted by atomic mass is 32.2. The molecular formula is C14H20N2O4S. The zero-order valence-corrected chi connectivity index (χ0v) is 12.8. The van der Waals surface area contributed by atoms with Crippen LogP contribution in [0.15, 0.2) is 30.5 Å². The SMILES string of the molecule is COCCOCCS(=O)(=O)NCc1c[nH]c2ccccc12. The van der Waals surface area contributed by atoms with Crippen LogP contribution in [0.2, 0.25) is 0 Å². The van der Waals surface area contributed by atoms with Crippen LogP contribution in [0.3, 0.4) is 0 Å². The molecular weight excluding hydrogens is 292 g/mol. The van der Waals surface area contributed by atoms with E-state index in [9.17, 15) is 8.42 Å². The Balaban J connectivity index is 1.84. The minimum Gasteiger partial charge on any atom is -0.382 e. The zero-order valence-electron chi connectivity index (χ0n) is 12.0. The minimum absolute atomic E-state index is 0.0565. The second kappa shape index (κ2) is 7.56. The fourth-order valence-electron chi connectivity index (χ4n) is 1.95. The molecule has 0 unspecified atom stereocenters. The number of aromatic nitrogens is 1. The van der Waals surface area contributed by atoms with Gasteiger partial charge in [-0.3, -0.25) is 0 Å². The largest absolute Gasteiger partial charge is 0.382 e. The molecule has 0 bridgehead atoms. The maximum atomic E-state index is 11.9. The lowest BCUT2D eigenvalue weighted by Crippen LogP contribution is -2.28. The highest BCUT2D eigenvalue weighted by Gasteiger charge is 2.11. The maximum Gasteiger partial charge on any atom is 0.214 e. The number of hydrogen-bond donors (Lipinski definition) is 2. The molecule has 7 heteroatoms. The third-order valence-electron chi connectivity index (χ3n) is 3.09. The van der Waals surface area contributed by atoms with Crippen molar-refractivity contribution < 1.29 is 17.9 Å². The van der Waals surface area contributed by atoms with Gasteiger partial charge in [0, 0.05) is 30.8 Å². The molecule has 1 aromatic heterocycles. The predicted molar refractivity (Wildman–Crippen MR) is 81.6 cm³/mol. The summed E-state index contributed by atoms with van der Waals surface area (Å²) in [7, 11) is -1.77. The van der Waals surface area contributed by atoms with E-state index in [1.165, 1.54) is 0 Å². The second-order valence-corrected chi connectivity index (χ2v) is 6.53. The van der Waals surface area contributed by atoms with Crippen molar-refractivity contribution in [2.45, 2.75) is 6.54 Å². The van der Waals surface area contributed by atoms with Crippen molar-refractivity contribution >= 4 is 20.9 Å². The van der Waals surface area contributed by atoms with E-state index >= 15 is 0 Å². The van der Waals surface area contributed by atoms with Gasteiger partial charge >= 0.3 is 0 Å². The number of rotatable bonds is 9. The summed E-state index contributed by atoms with van der Waals surface area (Å²) >= 11 is 0. The average Bonchev–Trinajstić information content (AvgIpc) is 2.88. The Morgan fingerprint density at radius 3 is 2.81 bits per heavy atom. The molecule has 2 aromatic rings. The lowest BCUT2D eigenvalue weighted by molar-refractivity contribution is 0.0784. The second-order valence-electron chi connectivity index (χ2n) is 4.60. The summed E-state index contributed by atoms with van der Waals surface area (Å²) < 4.78 is 36.3. The lowest BCUT2D eigenvalue weighted by Gasteiger charge is -2.07. The minimum atomic E-state index is -3.34. The molecule has 0 aliphatic carbocycles. The van der Waals surface area contributed by atoms with Crippen LogP contribution in [-0.2, 0) is 26.0 Å². The summed E-state index contributed by atoms with van der Waals surface area (Å²) in [6.45, 7) is 1.29. The summed E-state index contributed by atoms with van der Waals surface area (Å²) in [5.41, 5.74) is 1.92. The van der Waals surface area contributed by atoms with Crippen molar-refractivity contribution in [1.82, 2.24) is 9.71 Å². The first-order valence-corrected chi connectivity index (χ1v) is 8.36. The first-order valence-electron chi connectivity index (χ1n) is 6.71. The highest BCUT2D eigenvalue weighted by molar-refractivity contribution is 7.89. The van der Waals surface area contributed by atoms with Crippen LogP contribution < -0.4 is 4.72 Å². The van der Waals surface area contributed by atoms with Gasteiger partial charge in [-0.05, 0) is 11.6 Å². The molecule has 0 radical (unpaired) electrons. The summed E-state index contributed by atoms with van der Waals surface area (Å²) in [5, 5.41) is 1.02. The zero-order chi connectivity index (χ0) is 15.1. The Morgan fingerprint density at radius 2 is 2.00 bits per heavy atom. The molecule has 1 aromatic carbocycles. The Morgan fingerprint density at radius 1 is 1.19 bits per heavy atom. The molecule has 0 aliphatic rings. The Bertz CT molecular complexity index is 666. The third kappa shape index (κ3) is 4.82. The molecule has 1 heterocycles. The molecule has 0 aliphatic heterocycles. The highest BCUT2D eigenvalue weighted by Crippen LogP contribution is 2.17. The normalized spacial score (nSPS) is 12.0. The lowest BCUT2D eigenvalue weighted by atomic mass is 10.2. The van der Waals surface area contributed by atoms with Crippen LogP contribution in [-0.4, -0.2) is 46.1 Å². The van der Waals surface area contributed by atoms with Crippen molar-refractivity contribution in [1.29, 1.82) is 0 Å². The van der Waals surface area contributed by atoms with E-state index in [1.807, 2.05) is 30.5 Å². The number of H-pyrrole nitrogens is 1. The quantitative estimate of drug-likeness (QED) is 0.683. The summed E-state index contributed by atoms with van der Waals surface area (Å²) in [4.78, 5) is 3.12. The molecule has 0 amide bonds. The van der Waals surface area contributed by atoms with Crippen molar-refractivity contribution in [3.8, 4) is 0 Å². The monoisotopic (exact) mass is 312 g/mol. The van der Waals surface area contributed by atoms with Crippen molar-refractivity contribution in [2.75, 3.05) is 32.7 Å². The predicted octanol–water partition coefficient (Wildman–Crippen LogP) is 1.25. The molecule has 2 rings (SSSR count). The van der Waals surface area contributed by atoms with E-state index in [4.69, 9.17) is 9.47 Å². The average molecular weight is 312 g/mol. The molecule has 21 heavy (non-hydrogen) atoms. The molecule has 2 N–H and O–H groups in total. The molecule has 0 saturated heterocycles. The number of ether oxygens (including phenoxy) is 2. The smallest absolute Gasteiger partial charge is 0.214 e. The number of fused-ring (bicyclic) bond motifs is 1.